The minimum Gasteiger partial charge on any atom is -0.222 e. The topological polar surface area (TPSA) is 25.8 Å². The second kappa shape index (κ2) is 4.91. The van der Waals surface area contributed by atoms with E-state index in [4.69, 9.17) is 11.6 Å². The maximum Gasteiger partial charge on any atom is 0.142 e. The molecule has 0 atom stereocenters. The minimum absolute atomic E-state index is 0.282. The zero-order valence-electron chi connectivity index (χ0n) is 10.7. The number of hydrogen-bond acceptors (Lipinski definition) is 3. The van der Waals surface area contributed by atoms with Crippen LogP contribution in [-0.2, 0) is 0 Å². The van der Waals surface area contributed by atoms with Crippen molar-refractivity contribution in [3.05, 3.63) is 46.7 Å². The summed E-state index contributed by atoms with van der Waals surface area (Å²) in [6.45, 7) is 4.15. The van der Waals surface area contributed by atoms with Gasteiger partial charge in [-0.25, -0.2) is 9.97 Å². The molecule has 1 aromatic carbocycles. The molecule has 19 heavy (non-hydrogen) atoms. The molecule has 3 aromatic rings. The summed E-state index contributed by atoms with van der Waals surface area (Å²) in [6.07, 6.45) is 0. The van der Waals surface area contributed by atoms with Gasteiger partial charge in [0.2, 0.25) is 0 Å². The molecule has 0 fully saturated rings. The smallest absolute Gasteiger partial charge is 0.142 e. The van der Waals surface area contributed by atoms with Gasteiger partial charge in [-0.3, -0.25) is 0 Å². The summed E-state index contributed by atoms with van der Waals surface area (Å²) in [5, 5.41) is 3.61. The molecule has 2 nitrogen and oxygen atoms in total. The van der Waals surface area contributed by atoms with Gasteiger partial charge in [-0.1, -0.05) is 55.8 Å². The van der Waals surface area contributed by atoms with Crippen LogP contribution < -0.4 is 0 Å². The van der Waals surface area contributed by atoms with Crippen LogP contribution in [0.25, 0.3) is 21.3 Å². The normalized spacial score (nSPS) is 11.4. The second-order valence-corrected chi connectivity index (χ2v) is 5.94. The molecule has 0 unspecified atom stereocenters. The Morgan fingerprint density at radius 2 is 1.84 bits per heavy atom. The predicted octanol–water partition coefficient (Wildman–Crippen LogP) is 5.14. The van der Waals surface area contributed by atoms with E-state index in [0.29, 0.717) is 5.15 Å². The van der Waals surface area contributed by atoms with Crippen LogP contribution in [0, 0.1) is 0 Å². The number of thiophene rings is 1. The average molecular weight is 289 g/mol. The highest BCUT2D eigenvalue weighted by atomic mass is 35.5. The molecule has 0 bridgehead atoms. The molecule has 0 aliphatic rings. The lowest BCUT2D eigenvalue weighted by atomic mass is 10.1. The van der Waals surface area contributed by atoms with E-state index in [9.17, 15) is 0 Å². The highest BCUT2D eigenvalue weighted by Crippen LogP contribution is 2.37. The summed E-state index contributed by atoms with van der Waals surface area (Å²) in [5.41, 5.74) is 2.26. The van der Waals surface area contributed by atoms with Crippen LogP contribution in [0.5, 0.6) is 0 Å². The summed E-state index contributed by atoms with van der Waals surface area (Å²) in [4.78, 5) is 9.99. The first-order valence-corrected chi connectivity index (χ1v) is 7.42. The van der Waals surface area contributed by atoms with Crippen molar-refractivity contribution in [2.45, 2.75) is 19.8 Å². The molecule has 0 N–H and O–H groups in total. The fourth-order valence-corrected chi connectivity index (χ4v) is 3.29. The summed E-state index contributed by atoms with van der Waals surface area (Å²) in [7, 11) is 0. The molecule has 0 radical (unpaired) electrons. The van der Waals surface area contributed by atoms with E-state index in [1.165, 1.54) is 0 Å². The third kappa shape index (κ3) is 2.24. The van der Waals surface area contributed by atoms with Crippen molar-refractivity contribution in [2.75, 3.05) is 0 Å². The van der Waals surface area contributed by atoms with Gasteiger partial charge in [0.1, 0.15) is 15.8 Å². The standard InChI is InChI=1S/C15H13ClN2S/c1-9(2)14-17-13(16)12-11(8-19-15(12)18-14)10-6-4-3-5-7-10/h3-9H,1-2H3. The molecular weight excluding hydrogens is 276 g/mol. The van der Waals surface area contributed by atoms with Gasteiger partial charge in [0.15, 0.2) is 0 Å². The molecule has 0 saturated heterocycles. The molecule has 96 valence electrons. The van der Waals surface area contributed by atoms with Crippen molar-refractivity contribution in [1.29, 1.82) is 0 Å². The third-order valence-electron chi connectivity index (χ3n) is 3.01. The largest absolute Gasteiger partial charge is 0.222 e. The molecule has 0 aliphatic heterocycles. The molecular formula is C15H13ClN2S. The Bertz CT molecular complexity index is 720. The first kappa shape index (κ1) is 12.6. The van der Waals surface area contributed by atoms with Gasteiger partial charge < -0.3 is 0 Å². The van der Waals surface area contributed by atoms with Crippen LogP contribution in [0.1, 0.15) is 25.6 Å². The van der Waals surface area contributed by atoms with Gasteiger partial charge in [-0.2, -0.15) is 0 Å². The van der Waals surface area contributed by atoms with Crippen molar-refractivity contribution >= 4 is 33.2 Å². The summed E-state index contributed by atoms with van der Waals surface area (Å²) < 4.78 is 0. The van der Waals surface area contributed by atoms with Crippen molar-refractivity contribution in [2.24, 2.45) is 0 Å². The van der Waals surface area contributed by atoms with E-state index in [1.807, 2.05) is 18.2 Å². The maximum atomic E-state index is 6.36. The first-order valence-electron chi connectivity index (χ1n) is 6.17. The Labute approximate surface area is 121 Å². The van der Waals surface area contributed by atoms with E-state index in [-0.39, 0.29) is 5.92 Å². The molecule has 0 spiro atoms. The summed E-state index contributed by atoms with van der Waals surface area (Å²) >= 11 is 7.98. The Balaban J connectivity index is 2.24. The summed E-state index contributed by atoms with van der Waals surface area (Å²) in [6, 6.07) is 10.2. The number of benzene rings is 1. The van der Waals surface area contributed by atoms with Gasteiger partial charge in [0.05, 0.1) is 5.39 Å². The number of hydrogen-bond donors (Lipinski definition) is 0. The first-order chi connectivity index (χ1) is 9.16. The molecule has 4 heteroatoms. The van der Waals surface area contributed by atoms with Crippen LogP contribution in [0.3, 0.4) is 0 Å². The van der Waals surface area contributed by atoms with Gasteiger partial charge >= 0.3 is 0 Å². The average Bonchev–Trinajstić information content (AvgIpc) is 2.84. The Hall–Kier alpha value is -1.45. The number of halogens is 1. The van der Waals surface area contributed by atoms with E-state index >= 15 is 0 Å². The molecule has 0 aliphatic carbocycles. The highest BCUT2D eigenvalue weighted by molar-refractivity contribution is 7.17. The maximum absolute atomic E-state index is 6.36. The number of rotatable bonds is 2. The molecule has 2 heterocycles. The van der Waals surface area contributed by atoms with E-state index in [0.717, 1.165) is 27.2 Å². The van der Waals surface area contributed by atoms with Gasteiger partial charge in [-0.05, 0) is 5.56 Å². The minimum atomic E-state index is 0.282. The number of fused-ring (bicyclic) bond motifs is 1. The monoisotopic (exact) mass is 288 g/mol. The molecule has 0 saturated carbocycles. The summed E-state index contributed by atoms with van der Waals surface area (Å²) in [5.74, 6) is 1.09. The SMILES string of the molecule is CC(C)c1nc(Cl)c2c(-c3ccccc3)csc2n1. The zero-order valence-corrected chi connectivity index (χ0v) is 12.3. The van der Waals surface area contributed by atoms with Crippen LogP contribution in [-0.4, -0.2) is 9.97 Å². The van der Waals surface area contributed by atoms with Crippen LogP contribution in [0.15, 0.2) is 35.7 Å². The van der Waals surface area contributed by atoms with E-state index < -0.39 is 0 Å². The lowest BCUT2D eigenvalue weighted by Gasteiger charge is -2.05. The van der Waals surface area contributed by atoms with Crippen LogP contribution in [0.2, 0.25) is 5.15 Å². The lowest BCUT2D eigenvalue weighted by molar-refractivity contribution is 0.784. The predicted molar refractivity (Wildman–Crippen MR) is 82.0 cm³/mol. The Kier molecular flexibility index (Phi) is 3.25. The lowest BCUT2D eigenvalue weighted by Crippen LogP contribution is -1.97. The fourth-order valence-electron chi connectivity index (χ4n) is 2.00. The van der Waals surface area contributed by atoms with Gasteiger partial charge in [0, 0.05) is 16.9 Å². The second-order valence-electron chi connectivity index (χ2n) is 4.72. The third-order valence-corrected chi connectivity index (χ3v) is 4.15. The van der Waals surface area contributed by atoms with E-state index in [1.54, 1.807) is 11.3 Å². The Morgan fingerprint density at radius 3 is 2.53 bits per heavy atom. The van der Waals surface area contributed by atoms with Crippen molar-refractivity contribution in [3.8, 4) is 11.1 Å². The Morgan fingerprint density at radius 1 is 1.11 bits per heavy atom. The number of aromatic nitrogens is 2. The van der Waals surface area contributed by atoms with Gasteiger partial charge in [-0.15, -0.1) is 11.3 Å². The van der Waals surface area contributed by atoms with E-state index in [2.05, 4.69) is 41.3 Å². The fraction of sp³-hybridized carbons (Fsp3) is 0.200. The highest BCUT2D eigenvalue weighted by Gasteiger charge is 2.15. The molecule has 3 rings (SSSR count). The molecule has 0 amide bonds. The zero-order chi connectivity index (χ0) is 13.4. The molecule has 2 aromatic heterocycles. The number of nitrogens with zero attached hydrogens (tertiary/aromatic N) is 2. The van der Waals surface area contributed by atoms with Crippen LogP contribution in [0.4, 0.5) is 0 Å². The van der Waals surface area contributed by atoms with Crippen molar-refractivity contribution in [1.82, 2.24) is 9.97 Å². The van der Waals surface area contributed by atoms with Crippen molar-refractivity contribution in [3.63, 3.8) is 0 Å². The van der Waals surface area contributed by atoms with Crippen molar-refractivity contribution < 1.29 is 0 Å². The van der Waals surface area contributed by atoms with Gasteiger partial charge in [0.25, 0.3) is 0 Å². The quantitative estimate of drug-likeness (QED) is 0.611. The van der Waals surface area contributed by atoms with Crippen LogP contribution >= 0.6 is 22.9 Å².